The van der Waals surface area contributed by atoms with Gasteiger partial charge in [0.2, 0.25) is 0 Å². The second-order valence-electron chi connectivity index (χ2n) is 6.72. The van der Waals surface area contributed by atoms with E-state index in [1.807, 2.05) is 56.3 Å². The van der Waals surface area contributed by atoms with Crippen LogP contribution in [0.5, 0.6) is 0 Å². The van der Waals surface area contributed by atoms with Crippen LogP contribution in [0.3, 0.4) is 0 Å². The third-order valence-corrected chi connectivity index (χ3v) is 6.01. The monoisotopic (exact) mass is 404 g/mol. The van der Waals surface area contributed by atoms with Crippen LogP contribution in [-0.2, 0) is 9.53 Å². The van der Waals surface area contributed by atoms with E-state index in [1.54, 1.807) is 13.0 Å². The van der Waals surface area contributed by atoms with E-state index in [1.165, 1.54) is 11.3 Å². The molecule has 0 fully saturated rings. The third kappa shape index (κ3) is 3.47. The summed E-state index contributed by atoms with van der Waals surface area (Å²) in [6.07, 6.45) is 1.73. The molecule has 2 heterocycles. The maximum atomic E-state index is 12.8. The number of nitrogens with one attached hydrogen (secondary N) is 1. The lowest BCUT2D eigenvalue weighted by Gasteiger charge is -2.08. The molecule has 5 nitrogen and oxygen atoms in total. The summed E-state index contributed by atoms with van der Waals surface area (Å²) in [6.45, 7) is 5.84. The van der Waals surface area contributed by atoms with Gasteiger partial charge >= 0.3 is 5.97 Å². The quantitative estimate of drug-likeness (QED) is 0.389. The molecule has 4 rings (SSSR count). The number of aromatic nitrogens is 2. The number of hydrogen-bond acceptors (Lipinski definition) is 5. The van der Waals surface area contributed by atoms with Gasteiger partial charge in [0.25, 0.3) is 5.56 Å². The largest absolute Gasteiger partial charge is 0.462 e. The number of aromatic amines is 1. The van der Waals surface area contributed by atoms with E-state index in [9.17, 15) is 9.59 Å². The van der Waals surface area contributed by atoms with E-state index in [2.05, 4.69) is 9.97 Å². The van der Waals surface area contributed by atoms with Gasteiger partial charge in [0.05, 0.1) is 12.0 Å². The fourth-order valence-electron chi connectivity index (χ4n) is 3.35. The van der Waals surface area contributed by atoms with Crippen LogP contribution in [0.25, 0.3) is 32.6 Å². The minimum Gasteiger partial charge on any atom is -0.462 e. The van der Waals surface area contributed by atoms with Gasteiger partial charge in [-0.25, -0.2) is 9.78 Å². The number of aryl methyl sites for hydroxylation is 2. The van der Waals surface area contributed by atoms with Gasteiger partial charge < -0.3 is 9.72 Å². The summed E-state index contributed by atoms with van der Waals surface area (Å²) in [5.41, 5.74) is 1.75. The number of H-pyrrole nitrogens is 1. The van der Waals surface area contributed by atoms with Crippen molar-refractivity contribution in [3.63, 3.8) is 0 Å². The van der Waals surface area contributed by atoms with E-state index in [0.29, 0.717) is 10.2 Å². The molecule has 146 valence electrons. The Labute approximate surface area is 171 Å². The molecule has 29 heavy (non-hydrogen) atoms. The van der Waals surface area contributed by atoms with Crippen molar-refractivity contribution in [1.82, 2.24) is 9.97 Å². The molecule has 0 unspecified atom stereocenters. The summed E-state index contributed by atoms with van der Waals surface area (Å²) < 4.78 is 5.26. The normalized spacial score (nSPS) is 11.9. The van der Waals surface area contributed by atoms with Gasteiger partial charge in [-0.15, -0.1) is 11.3 Å². The number of fused-ring (bicyclic) bond motifs is 2. The van der Waals surface area contributed by atoms with Crippen molar-refractivity contribution in [3.05, 3.63) is 74.6 Å². The average Bonchev–Trinajstić information content (AvgIpc) is 3.00. The van der Waals surface area contributed by atoms with Crippen LogP contribution >= 0.6 is 11.3 Å². The second-order valence-corrected chi connectivity index (χ2v) is 7.93. The predicted molar refractivity (Wildman–Crippen MR) is 118 cm³/mol. The summed E-state index contributed by atoms with van der Waals surface area (Å²) in [5.74, 6) is -0.303. The Balaban J connectivity index is 1.96. The summed E-state index contributed by atoms with van der Waals surface area (Å²) in [7, 11) is 0. The first-order valence-electron chi connectivity index (χ1n) is 9.36. The van der Waals surface area contributed by atoms with Crippen LogP contribution in [-0.4, -0.2) is 22.5 Å². The maximum Gasteiger partial charge on any atom is 0.341 e. The molecule has 0 aliphatic carbocycles. The van der Waals surface area contributed by atoms with Gasteiger partial charge in [-0.1, -0.05) is 42.5 Å². The number of hydrogen-bond donors (Lipinski definition) is 1. The van der Waals surface area contributed by atoms with Crippen molar-refractivity contribution < 1.29 is 9.53 Å². The SMILES string of the molecule is CCOC(=O)C(=Cc1cccc2ccccc12)c1nc2sc(C)c(C)c2c(=O)[nH]1. The fourth-order valence-corrected chi connectivity index (χ4v) is 4.38. The van der Waals surface area contributed by atoms with Crippen molar-refractivity contribution in [2.75, 3.05) is 6.61 Å². The molecule has 0 spiro atoms. The highest BCUT2D eigenvalue weighted by Gasteiger charge is 2.20. The highest BCUT2D eigenvalue weighted by Crippen LogP contribution is 2.28. The smallest absolute Gasteiger partial charge is 0.341 e. The number of nitrogens with zero attached hydrogens (tertiary/aromatic N) is 1. The predicted octanol–water partition coefficient (Wildman–Crippen LogP) is 4.86. The molecule has 2 aromatic carbocycles. The molecule has 0 aliphatic rings. The van der Waals surface area contributed by atoms with Crippen molar-refractivity contribution in [1.29, 1.82) is 0 Å². The Kier molecular flexibility index (Phi) is 5.03. The summed E-state index contributed by atoms with van der Waals surface area (Å²) in [6, 6.07) is 13.8. The number of benzene rings is 2. The molecule has 1 N–H and O–H groups in total. The zero-order chi connectivity index (χ0) is 20.5. The molecule has 0 radical (unpaired) electrons. The van der Waals surface area contributed by atoms with Crippen LogP contribution in [0.1, 0.15) is 28.8 Å². The van der Waals surface area contributed by atoms with E-state index in [4.69, 9.17) is 4.74 Å². The minimum atomic E-state index is -0.520. The molecule has 0 amide bonds. The molecule has 0 saturated carbocycles. The van der Waals surface area contributed by atoms with Crippen LogP contribution in [0.2, 0.25) is 0 Å². The van der Waals surface area contributed by atoms with Gasteiger partial charge in [-0.2, -0.15) is 0 Å². The number of ether oxygens (including phenoxy) is 1. The lowest BCUT2D eigenvalue weighted by Crippen LogP contribution is -2.15. The van der Waals surface area contributed by atoms with Gasteiger partial charge in [0.1, 0.15) is 16.2 Å². The lowest BCUT2D eigenvalue weighted by atomic mass is 10.0. The molecular formula is C23H20N2O3S. The first kappa shape index (κ1) is 19.1. The second kappa shape index (κ2) is 7.64. The Morgan fingerprint density at radius 3 is 2.72 bits per heavy atom. The van der Waals surface area contributed by atoms with Gasteiger partial charge in [-0.3, -0.25) is 4.79 Å². The summed E-state index contributed by atoms with van der Waals surface area (Å²) in [5, 5.41) is 2.64. The third-order valence-electron chi connectivity index (χ3n) is 4.91. The average molecular weight is 404 g/mol. The van der Waals surface area contributed by atoms with E-state index < -0.39 is 5.97 Å². The molecule has 6 heteroatoms. The van der Waals surface area contributed by atoms with Crippen LogP contribution in [0, 0.1) is 13.8 Å². The lowest BCUT2D eigenvalue weighted by molar-refractivity contribution is -0.136. The van der Waals surface area contributed by atoms with Crippen molar-refractivity contribution in [3.8, 4) is 0 Å². The maximum absolute atomic E-state index is 12.8. The first-order valence-corrected chi connectivity index (χ1v) is 10.2. The summed E-state index contributed by atoms with van der Waals surface area (Å²) >= 11 is 1.45. The first-order chi connectivity index (χ1) is 14.0. The molecular weight excluding hydrogens is 384 g/mol. The van der Waals surface area contributed by atoms with Crippen LogP contribution < -0.4 is 5.56 Å². The number of rotatable bonds is 4. The molecule has 0 saturated heterocycles. The number of esters is 1. The molecule has 0 bridgehead atoms. The van der Waals surface area contributed by atoms with Gasteiger partial charge in [0.15, 0.2) is 0 Å². The highest BCUT2D eigenvalue weighted by atomic mass is 32.1. The molecule has 2 aromatic heterocycles. The number of thiophene rings is 1. The van der Waals surface area contributed by atoms with Gasteiger partial charge in [-0.05, 0) is 48.7 Å². The van der Waals surface area contributed by atoms with Crippen LogP contribution in [0.4, 0.5) is 0 Å². The minimum absolute atomic E-state index is 0.218. The van der Waals surface area contributed by atoms with E-state index in [0.717, 1.165) is 26.8 Å². The van der Waals surface area contributed by atoms with Crippen LogP contribution in [0.15, 0.2) is 47.3 Å². The Hall–Kier alpha value is -3.25. The zero-order valence-corrected chi connectivity index (χ0v) is 17.2. The summed E-state index contributed by atoms with van der Waals surface area (Å²) in [4.78, 5) is 34.5. The highest BCUT2D eigenvalue weighted by molar-refractivity contribution is 7.18. The van der Waals surface area contributed by atoms with Crippen molar-refractivity contribution >= 4 is 49.9 Å². The van der Waals surface area contributed by atoms with Crippen molar-refractivity contribution in [2.45, 2.75) is 20.8 Å². The van der Waals surface area contributed by atoms with E-state index in [-0.39, 0.29) is 23.6 Å². The standard InChI is InChI=1S/C23H20N2O3S/c1-4-28-23(27)18(12-16-10-7-9-15-8-5-6-11-17(15)16)20-24-21(26)19-13(2)14(3)29-22(19)25-20/h5-12H,4H2,1-3H3,(H,24,25,26). The Morgan fingerprint density at radius 1 is 1.17 bits per heavy atom. The van der Waals surface area contributed by atoms with Gasteiger partial charge in [0, 0.05) is 4.88 Å². The number of carbonyl (C=O) groups is 1. The number of carbonyl (C=O) groups excluding carboxylic acids is 1. The molecule has 4 aromatic rings. The zero-order valence-electron chi connectivity index (χ0n) is 16.4. The molecule has 0 atom stereocenters. The molecule has 0 aliphatic heterocycles. The topological polar surface area (TPSA) is 72.0 Å². The Morgan fingerprint density at radius 2 is 1.93 bits per heavy atom. The van der Waals surface area contributed by atoms with Crippen molar-refractivity contribution in [2.24, 2.45) is 0 Å². The Bertz CT molecular complexity index is 1330. The van der Waals surface area contributed by atoms with E-state index >= 15 is 0 Å². The fraction of sp³-hybridized carbons (Fsp3) is 0.174.